The van der Waals surface area contributed by atoms with E-state index in [0.717, 1.165) is 32.9 Å². The van der Waals surface area contributed by atoms with Gasteiger partial charge in [0.2, 0.25) is 0 Å². The Hall–Kier alpha value is -1.04. The molecule has 6 heteroatoms. The summed E-state index contributed by atoms with van der Waals surface area (Å²) in [5, 5.41) is 0. The van der Waals surface area contributed by atoms with Gasteiger partial charge in [-0.05, 0) is 47.1 Å². The van der Waals surface area contributed by atoms with Gasteiger partial charge in [0.1, 0.15) is 17.1 Å². The lowest BCUT2D eigenvalue weighted by Crippen LogP contribution is -2.02. The molecule has 0 bridgehead atoms. The Morgan fingerprint density at radius 3 is 2.86 bits per heavy atom. The fourth-order valence-electron chi connectivity index (χ4n) is 2.31. The van der Waals surface area contributed by atoms with Gasteiger partial charge in [0.25, 0.3) is 0 Å². The second-order valence-corrected chi connectivity index (χ2v) is 7.33. The molecule has 3 aromatic rings. The quantitative estimate of drug-likeness (QED) is 0.575. The van der Waals surface area contributed by atoms with Crippen LogP contribution >= 0.6 is 38.9 Å². The second kappa shape index (κ2) is 6.38. The number of ether oxygens (including phenoxy) is 1. The van der Waals surface area contributed by atoms with E-state index in [0.29, 0.717) is 12.5 Å². The lowest BCUT2D eigenvalue weighted by Gasteiger charge is -2.07. The Bertz CT molecular complexity index is 768. The normalized spacial score (nSPS) is 11.2. The first kappa shape index (κ1) is 14.9. The number of hydrogen-bond donors (Lipinski definition) is 0. The largest absolute Gasteiger partial charge is 0.492 e. The van der Waals surface area contributed by atoms with Gasteiger partial charge in [-0.25, -0.2) is 4.98 Å². The topological polar surface area (TPSA) is 27.1 Å². The molecule has 21 heavy (non-hydrogen) atoms. The summed E-state index contributed by atoms with van der Waals surface area (Å²) in [6, 6.07) is 10.2. The highest BCUT2D eigenvalue weighted by atomic mass is 79.9. The van der Waals surface area contributed by atoms with Crippen molar-refractivity contribution in [1.29, 1.82) is 0 Å². The van der Waals surface area contributed by atoms with Crippen LogP contribution < -0.4 is 4.74 Å². The molecule has 0 radical (unpaired) electrons. The number of alkyl halides is 1. The number of nitrogens with zero attached hydrogens (tertiary/aromatic N) is 2. The summed E-state index contributed by atoms with van der Waals surface area (Å²) in [7, 11) is 0. The summed E-state index contributed by atoms with van der Waals surface area (Å²) in [5.41, 5.74) is 1.94. The molecule has 0 aliphatic heterocycles. The van der Waals surface area contributed by atoms with Crippen LogP contribution in [0.15, 0.2) is 34.1 Å². The molecule has 1 aromatic carbocycles. The maximum atomic E-state index is 6.07. The van der Waals surface area contributed by atoms with Gasteiger partial charge in [0.15, 0.2) is 0 Å². The van der Waals surface area contributed by atoms with E-state index in [1.54, 1.807) is 11.3 Å². The molecule has 0 N–H and O–H groups in total. The number of benzene rings is 1. The Labute approximate surface area is 140 Å². The fourth-order valence-corrected chi connectivity index (χ4v) is 3.99. The molecule has 0 amide bonds. The minimum Gasteiger partial charge on any atom is -0.492 e. The summed E-state index contributed by atoms with van der Waals surface area (Å²) in [5.74, 6) is 2.06. The monoisotopic (exact) mass is 384 g/mol. The highest BCUT2D eigenvalue weighted by Gasteiger charge is 2.14. The van der Waals surface area contributed by atoms with Crippen molar-refractivity contribution < 1.29 is 4.74 Å². The van der Waals surface area contributed by atoms with Crippen LogP contribution in [0.5, 0.6) is 5.75 Å². The summed E-state index contributed by atoms with van der Waals surface area (Å²) in [6.07, 6.45) is 0. The number of aromatic nitrogens is 2. The second-order valence-electron chi connectivity index (χ2n) is 4.51. The number of fused-ring (bicyclic) bond motifs is 1. The average molecular weight is 386 g/mol. The van der Waals surface area contributed by atoms with E-state index >= 15 is 0 Å². The van der Waals surface area contributed by atoms with E-state index < -0.39 is 0 Å². The molecule has 2 aromatic heterocycles. The average Bonchev–Trinajstić information content (AvgIpc) is 3.05. The molecule has 3 nitrogen and oxygen atoms in total. The number of hydrogen-bond acceptors (Lipinski definition) is 3. The molecule has 0 aliphatic rings. The van der Waals surface area contributed by atoms with Crippen LogP contribution in [0.3, 0.4) is 0 Å². The Kier molecular flexibility index (Phi) is 4.52. The van der Waals surface area contributed by atoms with Gasteiger partial charge in [-0.15, -0.1) is 22.9 Å². The Morgan fingerprint density at radius 1 is 1.33 bits per heavy atom. The fraction of sp³-hybridized carbons (Fsp3) is 0.267. The van der Waals surface area contributed by atoms with E-state index in [4.69, 9.17) is 16.3 Å². The number of thiophene rings is 1. The number of halogens is 2. The standard InChI is InChI=1S/C15H14BrClN2OS/c1-2-20-12-5-3-4-11-15(12)18-14(8-17)19(11)9-10-6-7-13(16)21-10/h3-7H,2,8-9H2,1H3. The number of rotatable bonds is 5. The highest BCUT2D eigenvalue weighted by Crippen LogP contribution is 2.29. The predicted molar refractivity (Wildman–Crippen MR) is 91.6 cm³/mol. The molecule has 0 atom stereocenters. The summed E-state index contributed by atoms with van der Waals surface area (Å²) in [4.78, 5) is 5.91. The highest BCUT2D eigenvalue weighted by molar-refractivity contribution is 9.11. The molecule has 0 saturated heterocycles. The van der Waals surface area contributed by atoms with Crippen molar-refractivity contribution in [1.82, 2.24) is 9.55 Å². The first-order chi connectivity index (χ1) is 10.2. The van der Waals surface area contributed by atoms with Gasteiger partial charge in [0, 0.05) is 4.88 Å². The van der Waals surface area contributed by atoms with Crippen molar-refractivity contribution >= 4 is 49.9 Å². The smallest absolute Gasteiger partial charge is 0.147 e. The van der Waals surface area contributed by atoms with E-state index in [1.165, 1.54) is 4.88 Å². The van der Waals surface area contributed by atoms with Crippen LogP contribution in [-0.2, 0) is 12.4 Å². The van der Waals surface area contributed by atoms with Crippen LogP contribution in [-0.4, -0.2) is 16.2 Å². The molecule has 0 spiro atoms. The van der Waals surface area contributed by atoms with Crippen molar-refractivity contribution in [2.45, 2.75) is 19.3 Å². The van der Waals surface area contributed by atoms with E-state index in [2.05, 4.69) is 43.7 Å². The van der Waals surface area contributed by atoms with Gasteiger partial charge in [-0.3, -0.25) is 0 Å². The first-order valence-corrected chi connectivity index (χ1v) is 8.78. The molecule has 0 saturated carbocycles. The van der Waals surface area contributed by atoms with Crippen molar-refractivity contribution in [3.8, 4) is 5.75 Å². The van der Waals surface area contributed by atoms with Crippen molar-refractivity contribution in [3.05, 3.63) is 44.8 Å². The van der Waals surface area contributed by atoms with Crippen molar-refractivity contribution in [2.75, 3.05) is 6.61 Å². The molecule has 0 aliphatic carbocycles. The zero-order chi connectivity index (χ0) is 14.8. The van der Waals surface area contributed by atoms with Crippen molar-refractivity contribution in [2.24, 2.45) is 0 Å². The van der Waals surface area contributed by atoms with E-state index in [-0.39, 0.29) is 0 Å². The zero-order valence-electron chi connectivity index (χ0n) is 11.5. The third kappa shape index (κ3) is 2.96. The SMILES string of the molecule is CCOc1cccc2c1nc(CCl)n2Cc1ccc(Br)s1. The lowest BCUT2D eigenvalue weighted by atomic mass is 10.3. The summed E-state index contributed by atoms with van der Waals surface area (Å²) in [6.45, 7) is 3.37. The summed E-state index contributed by atoms with van der Waals surface area (Å²) < 4.78 is 8.95. The first-order valence-electron chi connectivity index (χ1n) is 6.64. The molecular formula is C15H14BrClN2OS. The molecule has 3 rings (SSSR count). The van der Waals surface area contributed by atoms with Gasteiger partial charge in [0.05, 0.1) is 28.3 Å². The van der Waals surface area contributed by atoms with Crippen LogP contribution in [0.25, 0.3) is 11.0 Å². The van der Waals surface area contributed by atoms with E-state index in [9.17, 15) is 0 Å². The molecule has 0 fully saturated rings. The predicted octanol–water partition coefficient (Wildman–Crippen LogP) is 5.05. The van der Waals surface area contributed by atoms with Crippen LogP contribution in [0, 0.1) is 0 Å². The summed E-state index contributed by atoms with van der Waals surface area (Å²) >= 11 is 11.3. The molecular weight excluding hydrogens is 372 g/mol. The molecule has 110 valence electrons. The Balaban J connectivity index is 2.09. The minimum absolute atomic E-state index is 0.382. The number of para-hydroxylation sites is 1. The zero-order valence-corrected chi connectivity index (χ0v) is 14.6. The maximum Gasteiger partial charge on any atom is 0.147 e. The Morgan fingerprint density at radius 2 is 2.19 bits per heavy atom. The van der Waals surface area contributed by atoms with Crippen LogP contribution in [0.1, 0.15) is 17.6 Å². The maximum absolute atomic E-state index is 6.07. The van der Waals surface area contributed by atoms with Gasteiger partial charge in [-0.2, -0.15) is 0 Å². The van der Waals surface area contributed by atoms with Crippen LogP contribution in [0.2, 0.25) is 0 Å². The lowest BCUT2D eigenvalue weighted by molar-refractivity contribution is 0.343. The molecule has 0 unspecified atom stereocenters. The third-order valence-corrected chi connectivity index (χ3v) is 5.03. The van der Waals surface area contributed by atoms with Crippen molar-refractivity contribution in [3.63, 3.8) is 0 Å². The van der Waals surface area contributed by atoms with E-state index in [1.807, 2.05) is 19.1 Å². The van der Waals surface area contributed by atoms with Gasteiger partial charge in [-0.1, -0.05) is 6.07 Å². The number of imidazole rings is 1. The van der Waals surface area contributed by atoms with Gasteiger partial charge >= 0.3 is 0 Å². The third-order valence-electron chi connectivity index (χ3n) is 3.18. The van der Waals surface area contributed by atoms with Crippen LogP contribution in [0.4, 0.5) is 0 Å². The minimum atomic E-state index is 0.382. The van der Waals surface area contributed by atoms with Gasteiger partial charge < -0.3 is 9.30 Å². The molecule has 2 heterocycles.